The van der Waals surface area contributed by atoms with Gasteiger partial charge in [-0.05, 0) is 44.1 Å². The summed E-state index contributed by atoms with van der Waals surface area (Å²) in [6.45, 7) is 4.20. The second-order valence-corrected chi connectivity index (χ2v) is 9.99. The quantitative estimate of drug-likeness (QED) is 0.267. The first-order valence-electron chi connectivity index (χ1n) is 12.0. The lowest BCUT2D eigenvalue weighted by Crippen LogP contribution is -2.55. The fraction of sp³-hybridized carbons (Fsp3) is 0.360. The minimum absolute atomic E-state index is 0.0148. The van der Waals surface area contributed by atoms with Gasteiger partial charge >= 0.3 is 0 Å². The van der Waals surface area contributed by atoms with Gasteiger partial charge in [-0.15, -0.1) is 0 Å². The molecule has 2 aliphatic rings. The molecule has 0 bridgehead atoms. The Morgan fingerprint density at radius 2 is 2.05 bits per heavy atom. The zero-order valence-corrected chi connectivity index (χ0v) is 21.2. The second-order valence-electron chi connectivity index (χ2n) is 9.61. The van der Waals surface area contributed by atoms with Crippen molar-refractivity contribution < 1.29 is 14.3 Å². The second kappa shape index (κ2) is 9.87. The van der Waals surface area contributed by atoms with Crippen LogP contribution in [0.1, 0.15) is 41.9 Å². The molecule has 2 fully saturated rings. The highest BCUT2D eigenvalue weighted by molar-refractivity contribution is 7.80. The molecule has 1 aromatic carbocycles. The Morgan fingerprint density at radius 3 is 2.73 bits per heavy atom. The van der Waals surface area contributed by atoms with E-state index in [0.29, 0.717) is 42.4 Å². The highest BCUT2D eigenvalue weighted by Gasteiger charge is 2.44. The molecular formula is C25H28N8O3S. The number of carbonyl (C=O) groups is 2. The summed E-state index contributed by atoms with van der Waals surface area (Å²) in [7, 11) is 0. The SMILES string of the molecule is CC1(C(=O)N2CCC[C@@H](c3nc(-c4ccc(C(=O)NC(=S)N=CN)cc4)c4c(N)nccn34)C2)COC1. The van der Waals surface area contributed by atoms with E-state index in [9.17, 15) is 9.59 Å². The third kappa shape index (κ3) is 4.65. The molecule has 0 saturated carbocycles. The average molecular weight is 521 g/mol. The summed E-state index contributed by atoms with van der Waals surface area (Å²) in [5.74, 6) is 0.969. The number of hydrogen-bond donors (Lipinski definition) is 3. The van der Waals surface area contributed by atoms with Crippen molar-refractivity contribution in [2.24, 2.45) is 16.1 Å². The van der Waals surface area contributed by atoms with E-state index in [1.807, 2.05) is 22.4 Å². The zero-order valence-electron chi connectivity index (χ0n) is 20.4. The Kier molecular flexibility index (Phi) is 6.61. The van der Waals surface area contributed by atoms with Crippen molar-refractivity contribution in [1.29, 1.82) is 0 Å². The van der Waals surface area contributed by atoms with Crippen molar-refractivity contribution in [3.8, 4) is 11.3 Å². The van der Waals surface area contributed by atoms with Crippen LogP contribution < -0.4 is 16.8 Å². The third-order valence-electron chi connectivity index (χ3n) is 6.87. The normalized spacial score (nSPS) is 19.1. The summed E-state index contributed by atoms with van der Waals surface area (Å²) in [6.07, 6.45) is 6.31. The summed E-state index contributed by atoms with van der Waals surface area (Å²) >= 11 is 4.94. The molecule has 0 radical (unpaired) electrons. The Bertz CT molecular complexity index is 1400. The van der Waals surface area contributed by atoms with Crippen LogP contribution in [0.3, 0.4) is 0 Å². The van der Waals surface area contributed by atoms with E-state index in [1.165, 1.54) is 0 Å². The minimum Gasteiger partial charge on any atom is -0.390 e. The van der Waals surface area contributed by atoms with E-state index in [4.69, 9.17) is 33.4 Å². The molecule has 1 atom stereocenters. The number of anilines is 1. The van der Waals surface area contributed by atoms with E-state index in [0.717, 1.165) is 37.1 Å². The largest absolute Gasteiger partial charge is 0.390 e. The zero-order chi connectivity index (χ0) is 26.2. The van der Waals surface area contributed by atoms with Crippen molar-refractivity contribution in [2.75, 3.05) is 32.0 Å². The molecular weight excluding hydrogens is 492 g/mol. The van der Waals surface area contributed by atoms with E-state index in [1.54, 1.807) is 30.5 Å². The molecule has 2 amide bonds. The highest BCUT2D eigenvalue weighted by Crippen LogP contribution is 2.36. The molecule has 4 heterocycles. The number of likely N-dealkylation sites (tertiary alicyclic amines) is 1. The van der Waals surface area contributed by atoms with Crippen LogP contribution in [0.25, 0.3) is 16.8 Å². The Balaban J connectivity index is 1.45. The molecule has 12 heteroatoms. The van der Waals surface area contributed by atoms with Gasteiger partial charge in [0.25, 0.3) is 5.91 Å². The molecule has 2 aromatic heterocycles. The first-order chi connectivity index (χ1) is 17.8. The number of amides is 2. The molecule has 0 aliphatic carbocycles. The first-order valence-corrected chi connectivity index (χ1v) is 12.4. The number of nitrogens with zero attached hydrogens (tertiary/aromatic N) is 5. The maximum atomic E-state index is 13.1. The standard InChI is InChI=1S/C25H28N8O3S/c1-25(12-36-13-25)23(35)32-9-2-3-17(11-32)21-30-18(19-20(27)28-8-10-33(19)21)15-4-6-16(7-5-15)22(34)31-24(37)29-14-26/h4-8,10,14,17H,2-3,9,11-13H2,1H3,(H2,27,28)(H3,26,29,31,34,37)/t17-/m1/s1. The maximum absolute atomic E-state index is 13.1. The average Bonchev–Trinajstić information content (AvgIpc) is 3.28. The molecule has 3 aromatic rings. The van der Waals surface area contributed by atoms with Gasteiger partial charge in [-0.2, -0.15) is 0 Å². The highest BCUT2D eigenvalue weighted by atomic mass is 32.1. The number of thiocarbonyl (C=S) groups is 1. The number of hydrogen-bond acceptors (Lipinski definition) is 7. The first kappa shape index (κ1) is 24.8. The van der Waals surface area contributed by atoms with Crippen LogP contribution in [0.5, 0.6) is 0 Å². The monoisotopic (exact) mass is 520 g/mol. The molecule has 0 unspecified atom stereocenters. The number of imidazole rings is 1. The van der Waals surface area contributed by atoms with Gasteiger partial charge in [-0.3, -0.25) is 19.3 Å². The van der Waals surface area contributed by atoms with Crippen LogP contribution in [-0.2, 0) is 9.53 Å². The Hall–Kier alpha value is -3.90. The van der Waals surface area contributed by atoms with Gasteiger partial charge in [-0.25, -0.2) is 15.0 Å². The Morgan fingerprint density at radius 1 is 1.30 bits per heavy atom. The number of aromatic nitrogens is 3. The predicted octanol–water partition coefficient (Wildman–Crippen LogP) is 1.72. The fourth-order valence-electron chi connectivity index (χ4n) is 4.91. The Labute approximate surface area is 218 Å². The maximum Gasteiger partial charge on any atom is 0.257 e. The van der Waals surface area contributed by atoms with Crippen molar-refractivity contribution >= 4 is 46.8 Å². The van der Waals surface area contributed by atoms with Crippen LogP contribution >= 0.6 is 12.2 Å². The summed E-state index contributed by atoms with van der Waals surface area (Å²) in [5.41, 5.74) is 13.6. The molecule has 5 rings (SSSR count). The van der Waals surface area contributed by atoms with Crippen LogP contribution in [0.15, 0.2) is 41.7 Å². The van der Waals surface area contributed by atoms with Crippen LogP contribution in [-0.4, -0.2) is 68.8 Å². The summed E-state index contributed by atoms with van der Waals surface area (Å²) in [6, 6.07) is 6.96. The summed E-state index contributed by atoms with van der Waals surface area (Å²) in [4.78, 5) is 40.5. The number of ether oxygens (including phenoxy) is 1. The van der Waals surface area contributed by atoms with E-state index in [2.05, 4.69) is 15.3 Å². The number of nitrogens with one attached hydrogen (secondary N) is 1. The van der Waals surface area contributed by atoms with Crippen molar-refractivity contribution in [2.45, 2.75) is 25.7 Å². The number of benzene rings is 1. The lowest BCUT2D eigenvalue weighted by atomic mass is 9.85. The van der Waals surface area contributed by atoms with Crippen molar-refractivity contribution in [1.82, 2.24) is 24.6 Å². The van der Waals surface area contributed by atoms with Gasteiger partial charge in [0, 0.05) is 42.5 Å². The van der Waals surface area contributed by atoms with E-state index >= 15 is 0 Å². The lowest BCUT2D eigenvalue weighted by molar-refractivity contribution is -0.169. The predicted molar refractivity (Wildman–Crippen MR) is 143 cm³/mol. The van der Waals surface area contributed by atoms with Crippen LogP contribution in [0.2, 0.25) is 0 Å². The molecule has 2 saturated heterocycles. The smallest absolute Gasteiger partial charge is 0.257 e. The van der Waals surface area contributed by atoms with E-state index < -0.39 is 11.3 Å². The lowest BCUT2D eigenvalue weighted by Gasteiger charge is -2.42. The number of nitrogen functional groups attached to an aromatic ring is 1. The number of nitrogens with two attached hydrogens (primary N) is 2. The van der Waals surface area contributed by atoms with Gasteiger partial charge < -0.3 is 21.1 Å². The van der Waals surface area contributed by atoms with Gasteiger partial charge in [0.1, 0.15) is 22.9 Å². The van der Waals surface area contributed by atoms with Gasteiger partial charge in [0.15, 0.2) is 0 Å². The third-order valence-corrected chi connectivity index (χ3v) is 7.08. The number of piperidine rings is 1. The molecule has 2 aliphatic heterocycles. The fourth-order valence-corrected chi connectivity index (χ4v) is 5.06. The number of rotatable bonds is 4. The van der Waals surface area contributed by atoms with Crippen LogP contribution in [0, 0.1) is 5.41 Å². The molecule has 192 valence electrons. The molecule has 0 spiro atoms. The number of aliphatic imine (C=N–C) groups is 1. The van der Waals surface area contributed by atoms with E-state index in [-0.39, 0.29) is 16.9 Å². The molecule has 5 N–H and O–H groups in total. The van der Waals surface area contributed by atoms with Crippen molar-refractivity contribution in [3.63, 3.8) is 0 Å². The topological polar surface area (TPSA) is 153 Å². The van der Waals surface area contributed by atoms with Crippen molar-refractivity contribution in [3.05, 3.63) is 48.0 Å². The van der Waals surface area contributed by atoms with Crippen LogP contribution in [0.4, 0.5) is 5.82 Å². The van der Waals surface area contributed by atoms with Gasteiger partial charge in [0.05, 0.1) is 25.0 Å². The number of fused-ring (bicyclic) bond motifs is 1. The number of carbonyl (C=O) groups excluding carboxylic acids is 2. The molecule has 37 heavy (non-hydrogen) atoms. The summed E-state index contributed by atoms with van der Waals surface area (Å²) < 4.78 is 7.28. The minimum atomic E-state index is -0.440. The van der Waals surface area contributed by atoms with Gasteiger partial charge in [0.2, 0.25) is 11.0 Å². The molecule has 11 nitrogen and oxygen atoms in total. The summed E-state index contributed by atoms with van der Waals surface area (Å²) in [5, 5.41) is 2.48. The van der Waals surface area contributed by atoms with Gasteiger partial charge in [-0.1, -0.05) is 12.1 Å².